The number of hydrogen-bond acceptors (Lipinski definition) is 5. The lowest BCUT2D eigenvalue weighted by Gasteiger charge is -1.98. The predicted molar refractivity (Wildman–Crippen MR) is 56.7 cm³/mol. The molecule has 1 aromatic heterocycles. The zero-order chi connectivity index (χ0) is 11.8. The molecule has 1 rings (SSSR count). The highest BCUT2D eigenvalue weighted by atomic mass is 16.3. The smallest absolute Gasteiger partial charge is 0.257 e. The van der Waals surface area contributed by atoms with E-state index >= 15 is 0 Å². The van der Waals surface area contributed by atoms with Gasteiger partial charge in [0.25, 0.3) is 5.91 Å². The largest absolute Gasteiger partial charge is 0.396 e. The molecule has 6 nitrogen and oxygen atoms in total. The van der Waals surface area contributed by atoms with Crippen LogP contribution in [0, 0.1) is 0 Å². The predicted octanol–water partition coefficient (Wildman–Crippen LogP) is -0.422. The van der Waals surface area contributed by atoms with E-state index in [1.807, 2.05) is 0 Å². The van der Waals surface area contributed by atoms with E-state index < -0.39 is 0 Å². The van der Waals surface area contributed by atoms with Gasteiger partial charge in [0.05, 0.1) is 13.2 Å². The third-order valence-corrected chi connectivity index (χ3v) is 1.79. The molecular formula is C10H13N3O3. The standard InChI is InChI=1S/C10H13N3O3/c14-6-2-9(15)7-11-3-1-10(16)13-5-4-12-8-13/h1,3-5,8,11,14H,2,6-7H2/b3-1+. The SMILES string of the molecule is O=C(CCO)CN/C=C/C(=O)n1ccnc1. The Kier molecular flexibility index (Phi) is 4.94. The summed E-state index contributed by atoms with van der Waals surface area (Å²) in [7, 11) is 0. The molecule has 2 N–H and O–H groups in total. The van der Waals surface area contributed by atoms with Gasteiger partial charge in [0.2, 0.25) is 0 Å². The van der Waals surface area contributed by atoms with E-state index in [0.717, 1.165) is 0 Å². The molecule has 0 saturated carbocycles. The highest BCUT2D eigenvalue weighted by Crippen LogP contribution is 1.87. The van der Waals surface area contributed by atoms with Crippen molar-refractivity contribution in [3.8, 4) is 0 Å². The number of ketones is 1. The van der Waals surface area contributed by atoms with E-state index in [4.69, 9.17) is 5.11 Å². The molecule has 1 heterocycles. The molecule has 0 radical (unpaired) electrons. The summed E-state index contributed by atoms with van der Waals surface area (Å²) in [6, 6.07) is 0. The van der Waals surface area contributed by atoms with Gasteiger partial charge in [-0.15, -0.1) is 0 Å². The van der Waals surface area contributed by atoms with Gasteiger partial charge in [0.1, 0.15) is 6.33 Å². The van der Waals surface area contributed by atoms with E-state index in [2.05, 4.69) is 10.3 Å². The van der Waals surface area contributed by atoms with Crippen molar-refractivity contribution < 1.29 is 14.7 Å². The fourth-order valence-corrected chi connectivity index (χ4v) is 0.992. The average Bonchev–Trinajstić information content (AvgIpc) is 2.78. The molecule has 0 aliphatic heterocycles. The highest BCUT2D eigenvalue weighted by molar-refractivity contribution is 5.89. The van der Waals surface area contributed by atoms with E-state index in [1.165, 1.54) is 35.6 Å². The van der Waals surface area contributed by atoms with Gasteiger partial charge in [0.15, 0.2) is 5.78 Å². The Morgan fingerprint density at radius 3 is 2.94 bits per heavy atom. The van der Waals surface area contributed by atoms with Gasteiger partial charge in [-0.05, 0) is 0 Å². The second-order valence-corrected chi connectivity index (χ2v) is 3.03. The van der Waals surface area contributed by atoms with Crippen LogP contribution < -0.4 is 5.32 Å². The number of Topliss-reactive ketones (excluding diaryl/α,β-unsaturated/α-hetero) is 1. The second kappa shape index (κ2) is 6.52. The van der Waals surface area contributed by atoms with Gasteiger partial charge in [-0.2, -0.15) is 0 Å². The number of aliphatic hydroxyl groups is 1. The van der Waals surface area contributed by atoms with Crippen LogP contribution in [0.4, 0.5) is 0 Å². The lowest BCUT2D eigenvalue weighted by atomic mass is 10.3. The van der Waals surface area contributed by atoms with Crippen molar-refractivity contribution in [3.05, 3.63) is 31.0 Å². The Labute approximate surface area is 92.6 Å². The minimum atomic E-state index is -0.250. The molecule has 0 unspecified atom stereocenters. The third kappa shape index (κ3) is 4.05. The van der Waals surface area contributed by atoms with Crippen molar-refractivity contribution in [2.75, 3.05) is 13.2 Å². The molecule has 16 heavy (non-hydrogen) atoms. The molecular weight excluding hydrogens is 210 g/mol. The fraction of sp³-hybridized carbons (Fsp3) is 0.300. The summed E-state index contributed by atoms with van der Waals surface area (Å²) in [5.74, 6) is -0.359. The van der Waals surface area contributed by atoms with Crippen LogP contribution in [0.3, 0.4) is 0 Å². The Morgan fingerprint density at radius 1 is 1.50 bits per heavy atom. The van der Waals surface area contributed by atoms with Gasteiger partial charge in [-0.3, -0.25) is 14.2 Å². The number of imidazole rings is 1. The first-order chi connectivity index (χ1) is 7.74. The lowest BCUT2D eigenvalue weighted by Crippen LogP contribution is -2.19. The van der Waals surface area contributed by atoms with E-state index in [1.54, 1.807) is 0 Å². The van der Waals surface area contributed by atoms with Gasteiger partial charge >= 0.3 is 0 Å². The molecule has 0 spiro atoms. The zero-order valence-electron chi connectivity index (χ0n) is 8.67. The maximum Gasteiger partial charge on any atom is 0.257 e. The van der Waals surface area contributed by atoms with Crippen molar-refractivity contribution in [2.45, 2.75) is 6.42 Å². The minimum absolute atomic E-state index is 0.105. The number of aliphatic hydroxyl groups excluding tert-OH is 1. The number of rotatable bonds is 6. The molecule has 0 aromatic carbocycles. The van der Waals surface area contributed by atoms with E-state index in [0.29, 0.717) is 0 Å². The van der Waals surface area contributed by atoms with Crippen LogP contribution in [0.5, 0.6) is 0 Å². The Morgan fingerprint density at radius 2 is 2.31 bits per heavy atom. The summed E-state index contributed by atoms with van der Waals surface area (Å²) in [4.78, 5) is 26.0. The number of carbonyl (C=O) groups is 2. The molecule has 0 aliphatic carbocycles. The van der Waals surface area contributed by atoms with Crippen molar-refractivity contribution in [3.63, 3.8) is 0 Å². The lowest BCUT2D eigenvalue weighted by molar-refractivity contribution is -0.118. The molecule has 6 heteroatoms. The Balaban J connectivity index is 2.27. The minimum Gasteiger partial charge on any atom is -0.396 e. The number of allylic oxidation sites excluding steroid dienone is 1. The normalized spacial score (nSPS) is 10.6. The quantitative estimate of drug-likeness (QED) is 0.640. The molecule has 0 fully saturated rings. The average molecular weight is 223 g/mol. The molecule has 0 amide bonds. The number of nitrogens with zero attached hydrogens (tertiary/aromatic N) is 2. The number of aromatic nitrogens is 2. The monoisotopic (exact) mass is 223 g/mol. The van der Waals surface area contributed by atoms with E-state index in [9.17, 15) is 9.59 Å². The van der Waals surface area contributed by atoms with Crippen molar-refractivity contribution in [2.24, 2.45) is 0 Å². The van der Waals surface area contributed by atoms with Gasteiger partial charge in [-0.1, -0.05) is 0 Å². The van der Waals surface area contributed by atoms with Crippen LogP contribution in [0.2, 0.25) is 0 Å². The molecule has 0 saturated heterocycles. The molecule has 0 aliphatic rings. The molecule has 1 aromatic rings. The Bertz CT molecular complexity index is 371. The number of nitrogens with one attached hydrogen (secondary N) is 1. The maximum absolute atomic E-state index is 11.3. The highest BCUT2D eigenvalue weighted by Gasteiger charge is 1.99. The fourth-order valence-electron chi connectivity index (χ4n) is 0.992. The summed E-state index contributed by atoms with van der Waals surface area (Å²) in [5, 5.41) is 11.1. The van der Waals surface area contributed by atoms with Crippen LogP contribution >= 0.6 is 0 Å². The van der Waals surface area contributed by atoms with Crippen molar-refractivity contribution in [1.29, 1.82) is 0 Å². The van der Waals surface area contributed by atoms with Crippen LogP contribution in [-0.4, -0.2) is 39.5 Å². The van der Waals surface area contributed by atoms with Crippen LogP contribution in [0.15, 0.2) is 31.0 Å². The summed E-state index contributed by atoms with van der Waals surface area (Å²) < 4.78 is 1.31. The number of hydrogen-bond donors (Lipinski definition) is 2. The van der Waals surface area contributed by atoms with Gasteiger partial charge in [-0.25, -0.2) is 4.98 Å². The first-order valence-electron chi connectivity index (χ1n) is 4.79. The Hall–Kier alpha value is -1.95. The summed E-state index contributed by atoms with van der Waals surface area (Å²) in [6.07, 6.45) is 7.25. The summed E-state index contributed by atoms with van der Waals surface area (Å²) in [5.41, 5.74) is 0. The zero-order valence-corrected chi connectivity index (χ0v) is 8.67. The second-order valence-electron chi connectivity index (χ2n) is 3.03. The van der Waals surface area contributed by atoms with Gasteiger partial charge < -0.3 is 10.4 Å². The topological polar surface area (TPSA) is 84.2 Å². The third-order valence-electron chi connectivity index (χ3n) is 1.79. The first-order valence-corrected chi connectivity index (χ1v) is 4.79. The van der Waals surface area contributed by atoms with Crippen LogP contribution in [-0.2, 0) is 4.79 Å². The summed E-state index contributed by atoms with van der Waals surface area (Å²) in [6.45, 7) is -0.0491. The molecule has 0 atom stereocenters. The van der Waals surface area contributed by atoms with Crippen molar-refractivity contribution in [1.82, 2.24) is 14.9 Å². The summed E-state index contributed by atoms with van der Waals surface area (Å²) >= 11 is 0. The first kappa shape index (κ1) is 12.1. The van der Waals surface area contributed by atoms with E-state index in [-0.39, 0.29) is 31.3 Å². The van der Waals surface area contributed by atoms with Crippen molar-refractivity contribution >= 4 is 11.7 Å². The maximum atomic E-state index is 11.3. The van der Waals surface area contributed by atoms with Crippen LogP contribution in [0.1, 0.15) is 11.2 Å². The molecule has 86 valence electrons. The molecule has 0 bridgehead atoms. The van der Waals surface area contributed by atoms with Crippen LogP contribution in [0.25, 0.3) is 0 Å². The van der Waals surface area contributed by atoms with Gasteiger partial charge in [0, 0.05) is 31.1 Å². The number of carbonyl (C=O) groups excluding carboxylic acids is 2.